The molecule has 2 aliphatic heterocycles. The van der Waals surface area contributed by atoms with Crippen LogP contribution in [0.25, 0.3) is 0 Å². The van der Waals surface area contributed by atoms with Crippen molar-refractivity contribution in [3.05, 3.63) is 29.8 Å². The molecule has 9 nitrogen and oxygen atoms in total. The molecule has 0 bridgehead atoms. The first-order valence-corrected chi connectivity index (χ1v) is 8.40. The molecule has 124 valence electrons. The fourth-order valence-electron chi connectivity index (χ4n) is 2.24. The number of urea groups is 1. The number of carbonyl (C=O) groups excluding carboxylic acids is 2. The topological polar surface area (TPSA) is 132 Å². The van der Waals surface area contributed by atoms with E-state index in [0.717, 1.165) is 17.0 Å². The summed E-state index contributed by atoms with van der Waals surface area (Å²) in [5, 5.41) is 0. The van der Waals surface area contributed by atoms with Gasteiger partial charge in [0.15, 0.2) is 17.4 Å². The third-order valence-electron chi connectivity index (χ3n) is 3.37. The van der Waals surface area contributed by atoms with Gasteiger partial charge in [0.25, 0.3) is 5.91 Å². The van der Waals surface area contributed by atoms with E-state index in [-0.39, 0.29) is 58.4 Å². The number of aliphatic imine (C=N–C) groups is 3. The van der Waals surface area contributed by atoms with E-state index in [1.807, 2.05) is 6.92 Å². The van der Waals surface area contributed by atoms with Gasteiger partial charge in [-0.25, -0.2) is 23.2 Å². The minimum Gasteiger partial charge on any atom is -0.744 e. The first-order valence-electron chi connectivity index (χ1n) is 7.00. The van der Waals surface area contributed by atoms with E-state index in [0.29, 0.717) is 12.0 Å². The third-order valence-corrected chi connectivity index (χ3v) is 4.22. The van der Waals surface area contributed by atoms with Crippen molar-refractivity contribution in [1.29, 1.82) is 0 Å². The summed E-state index contributed by atoms with van der Waals surface area (Å²) >= 11 is 0. The Balaban J connectivity index is 0.00000225. The number of carbonyl (C=O) groups is 2. The second kappa shape index (κ2) is 7.26. The molecule has 2 aliphatic rings. The standard InChI is InChI=1S/C14H12N4O5S.Na/c1-2-7-18-13(19)10-12(17-14(18)20)16-11(15-10)8-3-5-9(6-4-8)24(21,22)23;/h3-6H,2,7H2,1H3,(H,21,22,23);/q;+1/p-1. The number of benzene rings is 1. The van der Waals surface area contributed by atoms with Crippen molar-refractivity contribution in [3.63, 3.8) is 0 Å². The maximum Gasteiger partial charge on any atom is 1.00 e. The van der Waals surface area contributed by atoms with Gasteiger partial charge in [0.05, 0.1) is 4.90 Å². The molecular formula is C14H11N4NaO5S. The zero-order chi connectivity index (χ0) is 17.5. The van der Waals surface area contributed by atoms with E-state index >= 15 is 0 Å². The van der Waals surface area contributed by atoms with E-state index < -0.39 is 22.1 Å². The molecular weight excluding hydrogens is 359 g/mol. The Kier molecular flexibility index (Phi) is 5.69. The van der Waals surface area contributed by atoms with Gasteiger partial charge in [-0.05, 0) is 30.7 Å². The Morgan fingerprint density at radius 1 is 1.04 bits per heavy atom. The number of rotatable bonds is 4. The molecule has 0 spiro atoms. The molecule has 11 heteroatoms. The number of amidine groups is 2. The molecule has 0 radical (unpaired) electrons. The number of nitrogens with zero attached hydrogens (tertiary/aromatic N) is 4. The maximum absolute atomic E-state index is 12.3. The first kappa shape index (κ1) is 19.6. The van der Waals surface area contributed by atoms with Crippen LogP contribution in [0.15, 0.2) is 44.1 Å². The summed E-state index contributed by atoms with van der Waals surface area (Å²) in [6.07, 6.45) is 0.592. The minimum atomic E-state index is -4.55. The average molecular weight is 370 g/mol. The summed E-state index contributed by atoms with van der Waals surface area (Å²) < 4.78 is 32.8. The van der Waals surface area contributed by atoms with Gasteiger partial charge < -0.3 is 4.55 Å². The largest absolute Gasteiger partial charge is 1.00 e. The second-order valence-electron chi connectivity index (χ2n) is 5.05. The van der Waals surface area contributed by atoms with Crippen LogP contribution in [0.5, 0.6) is 0 Å². The van der Waals surface area contributed by atoms with Gasteiger partial charge in [0.1, 0.15) is 10.1 Å². The predicted molar refractivity (Wildman–Crippen MR) is 83.2 cm³/mol. The number of fused-ring (bicyclic) bond motifs is 1. The third kappa shape index (κ3) is 3.77. The van der Waals surface area contributed by atoms with Crippen molar-refractivity contribution in [2.24, 2.45) is 15.0 Å². The van der Waals surface area contributed by atoms with E-state index in [2.05, 4.69) is 15.0 Å². The summed E-state index contributed by atoms with van der Waals surface area (Å²) in [5.41, 5.74) is 0.368. The molecule has 0 aliphatic carbocycles. The minimum absolute atomic E-state index is 0. The van der Waals surface area contributed by atoms with Gasteiger partial charge >= 0.3 is 35.6 Å². The maximum atomic E-state index is 12.3. The number of hydrogen-bond acceptors (Lipinski definition) is 7. The molecule has 0 N–H and O–H groups in total. The van der Waals surface area contributed by atoms with Crippen molar-refractivity contribution in [1.82, 2.24) is 4.90 Å². The monoisotopic (exact) mass is 370 g/mol. The fourth-order valence-corrected chi connectivity index (χ4v) is 2.71. The van der Waals surface area contributed by atoms with E-state index in [1.165, 1.54) is 12.1 Å². The normalized spacial score (nSPS) is 16.7. The number of imide groups is 1. The second-order valence-corrected chi connectivity index (χ2v) is 6.43. The Morgan fingerprint density at radius 3 is 2.24 bits per heavy atom. The number of amides is 3. The quantitative estimate of drug-likeness (QED) is 0.429. The zero-order valence-corrected chi connectivity index (χ0v) is 16.3. The molecule has 0 atom stereocenters. The average Bonchev–Trinajstić information content (AvgIpc) is 2.95. The molecule has 3 rings (SSSR count). The Morgan fingerprint density at radius 2 is 1.68 bits per heavy atom. The van der Waals surface area contributed by atoms with E-state index in [9.17, 15) is 22.6 Å². The van der Waals surface area contributed by atoms with Crippen LogP contribution in [-0.4, -0.2) is 53.7 Å². The van der Waals surface area contributed by atoms with E-state index in [4.69, 9.17) is 0 Å². The molecule has 1 aromatic rings. The van der Waals surface area contributed by atoms with Crippen molar-refractivity contribution >= 4 is 39.4 Å². The Labute approximate surface area is 165 Å². The molecule has 2 heterocycles. The summed E-state index contributed by atoms with van der Waals surface area (Å²) in [6.45, 7) is 2.06. The SMILES string of the molecule is CCCN1C(=O)N=C2N=C(c3ccc(S(=O)(=O)[O-])cc3)N=C2C1=O.[Na+]. The van der Waals surface area contributed by atoms with Gasteiger partial charge in [0.2, 0.25) is 0 Å². The predicted octanol–water partition coefficient (Wildman–Crippen LogP) is -2.43. The van der Waals surface area contributed by atoms with Crippen molar-refractivity contribution in [2.45, 2.75) is 18.2 Å². The fraction of sp³-hybridized carbons (Fsp3) is 0.214. The van der Waals surface area contributed by atoms with Gasteiger partial charge in [0, 0.05) is 12.1 Å². The van der Waals surface area contributed by atoms with Crippen molar-refractivity contribution in [3.8, 4) is 0 Å². The van der Waals surface area contributed by atoms with Gasteiger partial charge in [-0.15, -0.1) is 0 Å². The number of hydrogen-bond donors (Lipinski definition) is 0. The van der Waals surface area contributed by atoms with Crippen LogP contribution in [0.2, 0.25) is 0 Å². The first-order chi connectivity index (χ1) is 11.3. The summed E-state index contributed by atoms with van der Waals surface area (Å²) in [5.74, 6) is -0.504. The molecule has 0 saturated carbocycles. The van der Waals surface area contributed by atoms with Gasteiger partial charge in [-0.3, -0.25) is 9.69 Å². The summed E-state index contributed by atoms with van der Waals surface area (Å²) in [7, 11) is -4.55. The molecule has 3 amide bonds. The Bertz CT molecular complexity index is 934. The molecule has 0 aromatic heterocycles. The molecule has 0 saturated heterocycles. The summed E-state index contributed by atoms with van der Waals surface area (Å²) in [6, 6.07) is 4.26. The van der Waals surface area contributed by atoms with Crippen LogP contribution in [0.3, 0.4) is 0 Å². The van der Waals surface area contributed by atoms with Crippen LogP contribution < -0.4 is 29.6 Å². The Hall–Kier alpha value is -1.72. The summed E-state index contributed by atoms with van der Waals surface area (Å²) in [4.78, 5) is 36.6. The van der Waals surface area contributed by atoms with Crippen LogP contribution in [0.4, 0.5) is 4.79 Å². The zero-order valence-electron chi connectivity index (χ0n) is 13.5. The van der Waals surface area contributed by atoms with Crippen LogP contribution in [0, 0.1) is 0 Å². The van der Waals surface area contributed by atoms with Crippen LogP contribution >= 0.6 is 0 Å². The van der Waals surface area contributed by atoms with E-state index in [1.54, 1.807) is 0 Å². The molecule has 0 unspecified atom stereocenters. The molecule has 25 heavy (non-hydrogen) atoms. The smallest absolute Gasteiger partial charge is 0.744 e. The van der Waals surface area contributed by atoms with Gasteiger partial charge in [-0.2, -0.15) is 4.99 Å². The van der Waals surface area contributed by atoms with Crippen molar-refractivity contribution in [2.75, 3.05) is 6.54 Å². The van der Waals surface area contributed by atoms with Gasteiger partial charge in [-0.1, -0.05) is 6.92 Å². The molecule has 0 fully saturated rings. The van der Waals surface area contributed by atoms with Crippen molar-refractivity contribution < 1.29 is 52.1 Å². The van der Waals surface area contributed by atoms with Crippen LogP contribution in [0.1, 0.15) is 18.9 Å². The molecule has 1 aromatic carbocycles. The van der Waals surface area contributed by atoms with Crippen LogP contribution in [-0.2, 0) is 14.9 Å².